The highest BCUT2D eigenvalue weighted by atomic mass is 35.5. The first kappa shape index (κ1) is 12.8. The topological polar surface area (TPSA) is 72.5 Å². The molecule has 0 fully saturated rings. The summed E-state index contributed by atoms with van der Waals surface area (Å²) in [5.41, 5.74) is 7.19. The Morgan fingerprint density at radius 2 is 2.25 bits per heavy atom. The van der Waals surface area contributed by atoms with Crippen LogP contribution in [0.1, 0.15) is 23.6 Å². The number of carboxylic acids is 1. The SMILES string of the molecule is COc1ccc(C)c(Cl)c1C(N)CC(=O)O. The fourth-order valence-electron chi connectivity index (χ4n) is 1.50. The van der Waals surface area contributed by atoms with Gasteiger partial charge in [-0.25, -0.2) is 0 Å². The van der Waals surface area contributed by atoms with Crippen LogP contribution in [0.5, 0.6) is 5.75 Å². The number of methoxy groups -OCH3 is 1. The molecule has 0 amide bonds. The molecule has 0 saturated carbocycles. The molecular formula is C11H14ClNO3. The Morgan fingerprint density at radius 1 is 1.62 bits per heavy atom. The van der Waals surface area contributed by atoms with Crippen LogP contribution in [0.2, 0.25) is 5.02 Å². The van der Waals surface area contributed by atoms with Crippen LogP contribution in [0.25, 0.3) is 0 Å². The lowest BCUT2D eigenvalue weighted by molar-refractivity contribution is -0.137. The Bertz CT molecular complexity index is 406. The third-order valence-electron chi connectivity index (χ3n) is 2.32. The van der Waals surface area contributed by atoms with E-state index in [1.54, 1.807) is 12.1 Å². The van der Waals surface area contributed by atoms with E-state index in [1.165, 1.54) is 7.11 Å². The van der Waals surface area contributed by atoms with Gasteiger partial charge < -0.3 is 15.6 Å². The van der Waals surface area contributed by atoms with Gasteiger partial charge in [-0.2, -0.15) is 0 Å². The van der Waals surface area contributed by atoms with Crippen LogP contribution in [-0.4, -0.2) is 18.2 Å². The first-order chi connectivity index (χ1) is 7.47. The minimum Gasteiger partial charge on any atom is -0.496 e. The highest BCUT2D eigenvalue weighted by Crippen LogP contribution is 2.34. The van der Waals surface area contributed by atoms with Crippen LogP contribution in [0, 0.1) is 6.92 Å². The number of halogens is 1. The van der Waals surface area contributed by atoms with Crippen LogP contribution in [0.3, 0.4) is 0 Å². The Labute approximate surface area is 99.0 Å². The maximum Gasteiger partial charge on any atom is 0.305 e. The van der Waals surface area contributed by atoms with Gasteiger partial charge in [0.1, 0.15) is 5.75 Å². The lowest BCUT2D eigenvalue weighted by Crippen LogP contribution is -2.16. The summed E-state index contributed by atoms with van der Waals surface area (Å²) in [6.07, 6.45) is -0.181. The van der Waals surface area contributed by atoms with Crippen molar-refractivity contribution in [3.63, 3.8) is 0 Å². The monoisotopic (exact) mass is 243 g/mol. The van der Waals surface area contributed by atoms with Crippen molar-refractivity contribution in [3.8, 4) is 5.75 Å². The molecule has 1 aromatic rings. The number of aryl methyl sites for hydroxylation is 1. The second-order valence-electron chi connectivity index (χ2n) is 3.52. The first-order valence-corrected chi connectivity index (χ1v) is 5.15. The number of rotatable bonds is 4. The maximum atomic E-state index is 10.6. The van der Waals surface area contributed by atoms with E-state index in [0.29, 0.717) is 16.3 Å². The summed E-state index contributed by atoms with van der Waals surface area (Å²) in [6, 6.07) is 2.87. The largest absolute Gasteiger partial charge is 0.496 e. The number of carboxylic acid groups (broad SMARTS) is 1. The van der Waals surface area contributed by atoms with Crippen LogP contribution in [0.15, 0.2) is 12.1 Å². The molecule has 0 aromatic heterocycles. The third kappa shape index (κ3) is 2.65. The summed E-state index contributed by atoms with van der Waals surface area (Å²) in [5.74, 6) is -0.448. The molecule has 16 heavy (non-hydrogen) atoms. The van der Waals surface area contributed by atoms with E-state index in [0.717, 1.165) is 5.56 Å². The molecule has 0 aliphatic rings. The smallest absolute Gasteiger partial charge is 0.305 e. The van der Waals surface area contributed by atoms with Crippen LogP contribution in [0.4, 0.5) is 0 Å². The van der Waals surface area contributed by atoms with Crippen LogP contribution < -0.4 is 10.5 Å². The Morgan fingerprint density at radius 3 is 2.75 bits per heavy atom. The molecule has 1 rings (SSSR count). The number of ether oxygens (including phenoxy) is 1. The van der Waals surface area contributed by atoms with Gasteiger partial charge in [0.05, 0.1) is 18.6 Å². The van der Waals surface area contributed by atoms with Gasteiger partial charge in [0.25, 0.3) is 0 Å². The molecule has 0 bridgehead atoms. The Kier molecular flexibility index (Phi) is 4.15. The second-order valence-corrected chi connectivity index (χ2v) is 3.89. The van der Waals surface area contributed by atoms with E-state index in [9.17, 15) is 4.79 Å². The maximum absolute atomic E-state index is 10.6. The standard InChI is InChI=1S/C11H14ClNO3/c1-6-3-4-8(16-2)10(11(6)12)7(13)5-9(14)15/h3-4,7H,5,13H2,1-2H3,(H,14,15). The van der Waals surface area contributed by atoms with Crippen molar-refractivity contribution >= 4 is 17.6 Å². The van der Waals surface area contributed by atoms with Crippen molar-refractivity contribution in [3.05, 3.63) is 28.3 Å². The lowest BCUT2D eigenvalue weighted by atomic mass is 10.0. The molecule has 5 heteroatoms. The summed E-state index contributed by atoms with van der Waals surface area (Å²) in [7, 11) is 1.50. The predicted octanol–water partition coefficient (Wildman–Crippen LogP) is 2.13. The normalized spacial score (nSPS) is 12.2. The average molecular weight is 244 g/mol. The van der Waals surface area contributed by atoms with Crippen molar-refractivity contribution in [2.24, 2.45) is 5.73 Å². The van der Waals surface area contributed by atoms with Crippen LogP contribution in [-0.2, 0) is 4.79 Å². The molecule has 0 radical (unpaired) electrons. The molecular weight excluding hydrogens is 230 g/mol. The molecule has 0 saturated heterocycles. The highest BCUT2D eigenvalue weighted by molar-refractivity contribution is 6.32. The minimum absolute atomic E-state index is 0.181. The molecule has 88 valence electrons. The van der Waals surface area contributed by atoms with Gasteiger partial charge >= 0.3 is 5.97 Å². The molecule has 1 atom stereocenters. The van der Waals surface area contributed by atoms with Gasteiger partial charge in [0, 0.05) is 11.6 Å². The van der Waals surface area contributed by atoms with Gasteiger partial charge in [-0.3, -0.25) is 4.79 Å². The van der Waals surface area contributed by atoms with E-state index < -0.39 is 12.0 Å². The Hall–Kier alpha value is -1.26. The second kappa shape index (κ2) is 5.18. The summed E-state index contributed by atoms with van der Waals surface area (Å²) >= 11 is 6.10. The summed E-state index contributed by atoms with van der Waals surface area (Å²) in [6.45, 7) is 1.83. The van der Waals surface area contributed by atoms with Gasteiger partial charge in [-0.1, -0.05) is 17.7 Å². The lowest BCUT2D eigenvalue weighted by Gasteiger charge is -2.17. The molecule has 1 unspecified atom stereocenters. The molecule has 0 spiro atoms. The van der Waals surface area contributed by atoms with Gasteiger partial charge in [0.2, 0.25) is 0 Å². The number of hydrogen-bond donors (Lipinski definition) is 2. The zero-order valence-corrected chi connectivity index (χ0v) is 9.91. The number of benzene rings is 1. The van der Waals surface area contributed by atoms with Crippen molar-refractivity contribution in [2.45, 2.75) is 19.4 Å². The number of hydrogen-bond acceptors (Lipinski definition) is 3. The van der Waals surface area contributed by atoms with E-state index in [1.807, 2.05) is 6.92 Å². The van der Waals surface area contributed by atoms with E-state index in [2.05, 4.69) is 0 Å². The zero-order chi connectivity index (χ0) is 12.3. The molecule has 0 heterocycles. The van der Waals surface area contributed by atoms with Gasteiger partial charge in [-0.05, 0) is 18.6 Å². The minimum atomic E-state index is -0.966. The number of nitrogens with two attached hydrogens (primary N) is 1. The number of aliphatic carboxylic acids is 1. The molecule has 4 nitrogen and oxygen atoms in total. The third-order valence-corrected chi connectivity index (χ3v) is 2.82. The summed E-state index contributed by atoms with van der Waals surface area (Å²) < 4.78 is 5.13. The van der Waals surface area contributed by atoms with E-state index in [-0.39, 0.29) is 6.42 Å². The highest BCUT2D eigenvalue weighted by Gasteiger charge is 2.19. The summed E-state index contributed by atoms with van der Waals surface area (Å²) in [5, 5.41) is 9.17. The van der Waals surface area contributed by atoms with Gasteiger partial charge in [-0.15, -0.1) is 0 Å². The number of carbonyl (C=O) groups is 1. The fraction of sp³-hybridized carbons (Fsp3) is 0.364. The van der Waals surface area contributed by atoms with E-state index >= 15 is 0 Å². The Balaban J connectivity index is 3.18. The first-order valence-electron chi connectivity index (χ1n) is 4.77. The van der Waals surface area contributed by atoms with E-state index in [4.69, 9.17) is 27.2 Å². The average Bonchev–Trinajstić information content (AvgIpc) is 2.20. The quantitative estimate of drug-likeness (QED) is 0.850. The molecule has 3 N–H and O–H groups in total. The molecule has 1 aromatic carbocycles. The van der Waals surface area contributed by atoms with Crippen molar-refractivity contribution < 1.29 is 14.6 Å². The molecule has 0 aliphatic carbocycles. The van der Waals surface area contributed by atoms with Crippen LogP contribution >= 0.6 is 11.6 Å². The van der Waals surface area contributed by atoms with Crippen molar-refractivity contribution in [1.29, 1.82) is 0 Å². The summed E-state index contributed by atoms with van der Waals surface area (Å²) in [4.78, 5) is 10.6. The van der Waals surface area contributed by atoms with Gasteiger partial charge in [0.15, 0.2) is 0 Å². The van der Waals surface area contributed by atoms with Crippen molar-refractivity contribution in [2.75, 3.05) is 7.11 Å². The van der Waals surface area contributed by atoms with Crippen molar-refractivity contribution in [1.82, 2.24) is 0 Å². The fourth-order valence-corrected chi connectivity index (χ4v) is 1.79. The molecule has 0 aliphatic heterocycles. The predicted molar refractivity (Wildman–Crippen MR) is 61.9 cm³/mol. The zero-order valence-electron chi connectivity index (χ0n) is 9.16.